The summed E-state index contributed by atoms with van der Waals surface area (Å²) < 4.78 is 37.5. The first-order valence-corrected chi connectivity index (χ1v) is 9.58. The Morgan fingerprint density at radius 2 is 1.86 bits per heavy atom. The third-order valence-electron chi connectivity index (χ3n) is 4.61. The van der Waals surface area contributed by atoms with Crippen LogP contribution in [0.1, 0.15) is 36.6 Å². The molecule has 156 valence electrons. The number of halogens is 2. The molecule has 3 rings (SSSR count). The molecule has 1 aromatic heterocycles. The second-order valence-corrected chi connectivity index (χ2v) is 7.29. The summed E-state index contributed by atoms with van der Waals surface area (Å²) in [5, 5.41) is 2.52. The van der Waals surface area contributed by atoms with E-state index in [-0.39, 0.29) is 12.5 Å². The van der Waals surface area contributed by atoms with Crippen LogP contribution in [0.4, 0.5) is 19.4 Å². The molecule has 0 radical (unpaired) electrons. The molecule has 1 aliphatic heterocycles. The summed E-state index contributed by atoms with van der Waals surface area (Å²) in [6, 6.07) is 4.99. The van der Waals surface area contributed by atoms with Gasteiger partial charge in [-0.3, -0.25) is 0 Å². The number of nitrogens with zero attached hydrogens (tertiary/aromatic N) is 2. The van der Waals surface area contributed by atoms with Crippen molar-refractivity contribution in [3.8, 4) is 5.75 Å². The molecule has 0 saturated carbocycles. The summed E-state index contributed by atoms with van der Waals surface area (Å²) in [6.07, 6.45) is -0.708. The molecule has 0 atom stereocenters. The van der Waals surface area contributed by atoms with Crippen molar-refractivity contribution >= 4 is 11.9 Å². The largest absolute Gasteiger partial charge is 0.412 e. The molecule has 2 heterocycles. The Hall–Kier alpha value is -2.74. The van der Waals surface area contributed by atoms with Gasteiger partial charge in [0.05, 0.1) is 18.9 Å². The van der Waals surface area contributed by atoms with Crippen LogP contribution < -0.4 is 15.0 Å². The molecule has 0 unspecified atom stereocenters. The lowest BCUT2D eigenvalue weighted by atomic mass is 10.1. The van der Waals surface area contributed by atoms with Gasteiger partial charge in [0, 0.05) is 25.7 Å². The Morgan fingerprint density at radius 1 is 1.21 bits per heavy atom. The Balaban J connectivity index is 1.74. The minimum atomic E-state index is -0.708. The van der Waals surface area contributed by atoms with E-state index in [9.17, 15) is 13.6 Å². The summed E-state index contributed by atoms with van der Waals surface area (Å²) in [6.45, 7) is 8.59. The molecule has 1 fully saturated rings. The van der Waals surface area contributed by atoms with Crippen molar-refractivity contribution in [3.05, 3.63) is 52.7 Å². The van der Waals surface area contributed by atoms with Gasteiger partial charge in [-0.05, 0) is 42.2 Å². The number of aryl methyl sites for hydroxylation is 1. The van der Waals surface area contributed by atoms with Crippen molar-refractivity contribution in [3.63, 3.8) is 0 Å². The number of anilines is 1. The highest BCUT2D eigenvalue weighted by molar-refractivity contribution is 5.71. The molecule has 1 N–H and O–H groups in total. The number of carbonyl (C=O) groups excluding carboxylic acids is 1. The zero-order valence-corrected chi connectivity index (χ0v) is 16.8. The zero-order chi connectivity index (χ0) is 21.0. The number of hydrogen-bond donors (Lipinski definition) is 1. The van der Waals surface area contributed by atoms with E-state index in [1.54, 1.807) is 0 Å². The number of carbonyl (C=O) groups is 1. The van der Waals surface area contributed by atoms with Gasteiger partial charge in [-0.2, -0.15) is 0 Å². The Bertz CT molecular complexity index is 863. The van der Waals surface area contributed by atoms with Crippen molar-refractivity contribution in [1.82, 2.24) is 10.3 Å². The fraction of sp³-hybridized carbons (Fsp3) is 0.429. The van der Waals surface area contributed by atoms with Crippen LogP contribution in [0.3, 0.4) is 0 Å². The molecule has 1 saturated heterocycles. The van der Waals surface area contributed by atoms with E-state index in [4.69, 9.17) is 14.5 Å². The molecule has 0 aliphatic carbocycles. The third kappa shape index (κ3) is 5.41. The van der Waals surface area contributed by atoms with Gasteiger partial charge >= 0.3 is 6.09 Å². The minimum Gasteiger partial charge on any atom is -0.408 e. The first-order chi connectivity index (χ1) is 13.8. The Labute approximate surface area is 168 Å². The number of amides is 1. The second kappa shape index (κ2) is 9.17. The molecule has 1 aromatic carbocycles. The molecule has 0 bridgehead atoms. The monoisotopic (exact) mass is 405 g/mol. The van der Waals surface area contributed by atoms with Crippen molar-refractivity contribution in [1.29, 1.82) is 0 Å². The number of aromatic nitrogens is 1. The number of ether oxygens (including phenoxy) is 2. The lowest BCUT2D eigenvalue weighted by Gasteiger charge is -2.29. The average molecular weight is 405 g/mol. The highest BCUT2D eigenvalue weighted by Crippen LogP contribution is 2.32. The summed E-state index contributed by atoms with van der Waals surface area (Å²) in [7, 11) is 0. The van der Waals surface area contributed by atoms with Crippen molar-refractivity contribution in [2.45, 2.75) is 33.2 Å². The maximum Gasteiger partial charge on any atom is 0.412 e. The number of morpholine rings is 1. The molecule has 8 heteroatoms. The van der Waals surface area contributed by atoms with E-state index in [0.717, 1.165) is 42.7 Å². The van der Waals surface area contributed by atoms with E-state index >= 15 is 0 Å². The van der Waals surface area contributed by atoms with Crippen LogP contribution in [0.2, 0.25) is 0 Å². The summed E-state index contributed by atoms with van der Waals surface area (Å²) >= 11 is 0. The lowest BCUT2D eigenvalue weighted by Crippen LogP contribution is -2.37. The Morgan fingerprint density at radius 3 is 2.48 bits per heavy atom. The molecular formula is C21H25F2N3O3. The van der Waals surface area contributed by atoms with Gasteiger partial charge in [0.25, 0.3) is 0 Å². The third-order valence-corrected chi connectivity index (χ3v) is 4.61. The lowest BCUT2D eigenvalue weighted by molar-refractivity contribution is 0.122. The van der Waals surface area contributed by atoms with E-state index in [0.29, 0.717) is 30.2 Å². The number of hydrogen-bond acceptors (Lipinski definition) is 5. The SMILES string of the molecule is Cc1cc(N2CCOCC2)nc(C(C)C)c1OC(=O)NCc1cc(F)cc(F)c1. The topological polar surface area (TPSA) is 63.7 Å². The molecule has 29 heavy (non-hydrogen) atoms. The fourth-order valence-corrected chi connectivity index (χ4v) is 3.16. The fourth-order valence-electron chi connectivity index (χ4n) is 3.16. The first kappa shape index (κ1) is 21.0. The van der Waals surface area contributed by atoms with Gasteiger partial charge in [0.1, 0.15) is 17.5 Å². The molecule has 2 aromatic rings. The second-order valence-electron chi connectivity index (χ2n) is 7.29. The molecule has 0 spiro atoms. The summed E-state index contributed by atoms with van der Waals surface area (Å²) in [4.78, 5) is 19.2. The van der Waals surface area contributed by atoms with Crippen molar-refractivity contribution < 1.29 is 23.0 Å². The van der Waals surface area contributed by atoms with Crippen LogP contribution in [0.5, 0.6) is 5.75 Å². The van der Waals surface area contributed by atoms with Crippen LogP contribution in [0.15, 0.2) is 24.3 Å². The first-order valence-electron chi connectivity index (χ1n) is 9.58. The van der Waals surface area contributed by atoms with E-state index in [2.05, 4.69) is 10.2 Å². The van der Waals surface area contributed by atoms with E-state index in [1.807, 2.05) is 26.8 Å². The van der Waals surface area contributed by atoms with Gasteiger partial charge in [-0.15, -0.1) is 0 Å². The molecule has 6 nitrogen and oxygen atoms in total. The normalized spacial score (nSPS) is 14.2. The highest BCUT2D eigenvalue weighted by Gasteiger charge is 2.21. The standard InChI is InChI=1S/C21H25F2N3O3/c1-13(2)19-20(14(3)8-18(25-19)26-4-6-28-7-5-26)29-21(27)24-12-15-9-16(22)11-17(23)10-15/h8-11,13H,4-7,12H2,1-3H3,(H,24,27). The smallest absolute Gasteiger partial charge is 0.408 e. The van der Waals surface area contributed by atoms with Crippen molar-refractivity contribution in [2.75, 3.05) is 31.2 Å². The van der Waals surface area contributed by atoms with Crippen LogP contribution in [-0.2, 0) is 11.3 Å². The predicted octanol–water partition coefficient (Wildman–Crippen LogP) is 3.92. The van der Waals surface area contributed by atoms with Gasteiger partial charge < -0.3 is 19.7 Å². The number of rotatable bonds is 5. The molecule has 1 aliphatic rings. The maximum absolute atomic E-state index is 13.3. The average Bonchev–Trinajstić information content (AvgIpc) is 2.67. The predicted molar refractivity (Wildman–Crippen MR) is 105 cm³/mol. The Kier molecular flexibility index (Phi) is 6.64. The van der Waals surface area contributed by atoms with Crippen molar-refractivity contribution in [2.24, 2.45) is 0 Å². The van der Waals surface area contributed by atoms with E-state index in [1.165, 1.54) is 0 Å². The highest BCUT2D eigenvalue weighted by atomic mass is 19.1. The van der Waals surface area contributed by atoms with Gasteiger partial charge in [-0.1, -0.05) is 13.8 Å². The van der Waals surface area contributed by atoms with Crippen LogP contribution in [-0.4, -0.2) is 37.4 Å². The quantitative estimate of drug-likeness (QED) is 0.817. The number of pyridine rings is 1. The number of benzene rings is 1. The summed E-state index contributed by atoms with van der Waals surface area (Å²) in [5.74, 6) is -0.126. The van der Waals surface area contributed by atoms with Crippen LogP contribution in [0.25, 0.3) is 0 Å². The minimum absolute atomic E-state index is 0.0369. The molecular weight excluding hydrogens is 380 g/mol. The van der Waals surface area contributed by atoms with E-state index < -0.39 is 17.7 Å². The zero-order valence-electron chi connectivity index (χ0n) is 16.8. The number of nitrogens with one attached hydrogen (secondary N) is 1. The molecule has 1 amide bonds. The van der Waals surface area contributed by atoms with Crippen LogP contribution >= 0.6 is 0 Å². The van der Waals surface area contributed by atoms with Gasteiger partial charge in [-0.25, -0.2) is 18.6 Å². The maximum atomic E-state index is 13.3. The van der Waals surface area contributed by atoms with Gasteiger partial charge in [0.15, 0.2) is 5.75 Å². The van der Waals surface area contributed by atoms with Gasteiger partial charge in [0.2, 0.25) is 0 Å². The van der Waals surface area contributed by atoms with Crippen LogP contribution in [0, 0.1) is 18.6 Å². The summed E-state index contributed by atoms with van der Waals surface area (Å²) in [5.41, 5.74) is 1.77.